The number of nitrogens with one attached hydrogen (secondary N) is 1. The van der Waals surface area contributed by atoms with E-state index in [0.29, 0.717) is 17.3 Å². The summed E-state index contributed by atoms with van der Waals surface area (Å²) in [4.78, 5) is 34.2. The van der Waals surface area contributed by atoms with E-state index < -0.39 is 18.2 Å². The number of hydrogen-bond acceptors (Lipinski definition) is 7. The standard InChI is InChI=1S/C17H13N5O3S/c18-17(24)22-13-12(16(23)25-11-1-5-19-6-2-11)3-7-20-14(13)21-15(22)10-4-8-26-9-10/h1-9,15H,(H2,18,24)(H,20,21). The summed E-state index contributed by atoms with van der Waals surface area (Å²) in [5, 5.41) is 6.92. The molecule has 1 unspecified atom stereocenters. The molecule has 9 heteroatoms. The molecule has 0 radical (unpaired) electrons. The number of nitrogens with two attached hydrogens (primary N) is 1. The van der Waals surface area contributed by atoms with Gasteiger partial charge in [0.25, 0.3) is 0 Å². The Hall–Kier alpha value is -3.46. The van der Waals surface area contributed by atoms with Crippen molar-refractivity contribution in [1.29, 1.82) is 0 Å². The maximum atomic E-state index is 12.7. The van der Waals surface area contributed by atoms with Crippen LogP contribution in [0.25, 0.3) is 0 Å². The number of rotatable bonds is 3. The minimum Gasteiger partial charge on any atom is -0.423 e. The van der Waals surface area contributed by atoms with Gasteiger partial charge in [-0.15, -0.1) is 0 Å². The fourth-order valence-electron chi connectivity index (χ4n) is 2.76. The summed E-state index contributed by atoms with van der Waals surface area (Å²) in [6, 6.07) is 5.81. The number of anilines is 2. The predicted octanol–water partition coefficient (Wildman–Crippen LogP) is 2.77. The van der Waals surface area contributed by atoms with Crippen LogP contribution < -0.4 is 20.7 Å². The maximum absolute atomic E-state index is 12.7. The topological polar surface area (TPSA) is 110 Å². The quantitative estimate of drug-likeness (QED) is 0.689. The Bertz CT molecular complexity index is 962. The number of carbonyl (C=O) groups is 2. The lowest BCUT2D eigenvalue weighted by molar-refractivity contribution is 0.0735. The second kappa shape index (κ2) is 6.45. The molecule has 4 rings (SSSR count). The van der Waals surface area contributed by atoms with Gasteiger partial charge < -0.3 is 15.8 Å². The number of primary amides is 1. The fourth-order valence-corrected chi connectivity index (χ4v) is 3.44. The van der Waals surface area contributed by atoms with Gasteiger partial charge >= 0.3 is 12.0 Å². The third-order valence-corrected chi connectivity index (χ3v) is 4.57. The number of aromatic nitrogens is 2. The Labute approximate surface area is 152 Å². The zero-order valence-electron chi connectivity index (χ0n) is 13.3. The van der Waals surface area contributed by atoms with Crippen LogP contribution in [-0.2, 0) is 0 Å². The van der Waals surface area contributed by atoms with Crippen LogP contribution in [0, 0.1) is 0 Å². The second-order valence-corrected chi connectivity index (χ2v) is 6.22. The zero-order valence-corrected chi connectivity index (χ0v) is 14.1. The summed E-state index contributed by atoms with van der Waals surface area (Å²) in [6.45, 7) is 0. The molecule has 0 saturated heterocycles. The third-order valence-electron chi connectivity index (χ3n) is 3.87. The van der Waals surface area contributed by atoms with Crippen molar-refractivity contribution in [3.8, 4) is 5.75 Å². The highest BCUT2D eigenvalue weighted by Gasteiger charge is 2.38. The van der Waals surface area contributed by atoms with Crippen LogP contribution in [0.1, 0.15) is 22.1 Å². The van der Waals surface area contributed by atoms with E-state index in [4.69, 9.17) is 10.5 Å². The first-order valence-corrected chi connectivity index (χ1v) is 8.58. The van der Waals surface area contributed by atoms with Crippen LogP contribution >= 0.6 is 11.3 Å². The minimum absolute atomic E-state index is 0.191. The number of esters is 1. The Balaban J connectivity index is 1.73. The highest BCUT2D eigenvalue weighted by Crippen LogP contribution is 2.42. The van der Waals surface area contributed by atoms with Crippen LogP contribution in [0.4, 0.5) is 16.3 Å². The molecule has 3 N–H and O–H groups in total. The normalized spacial score (nSPS) is 15.2. The van der Waals surface area contributed by atoms with Crippen molar-refractivity contribution in [2.75, 3.05) is 10.2 Å². The minimum atomic E-state index is -0.696. The zero-order chi connectivity index (χ0) is 18.1. The number of thiophene rings is 1. The predicted molar refractivity (Wildman–Crippen MR) is 96.2 cm³/mol. The van der Waals surface area contributed by atoms with Crippen molar-refractivity contribution in [2.24, 2.45) is 5.73 Å². The summed E-state index contributed by atoms with van der Waals surface area (Å²) in [6.07, 6.45) is 3.98. The first-order valence-electron chi connectivity index (χ1n) is 7.63. The van der Waals surface area contributed by atoms with Crippen LogP contribution in [0.5, 0.6) is 5.75 Å². The number of urea groups is 1. The van der Waals surface area contributed by atoms with E-state index in [-0.39, 0.29) is 5.56 Å². The molecule has 0 saturated carbocycles. The van der Waals surface area contributed by atoms with Crippen molar-refractivity contribution >= 4 is 34.8 Å². The van der Waals surface area contributed by atoms with Gasteiger partial charge in [-0.2, -0.15) is 11.3 Å². The first kappa shape index (κ1) is 16.0. The Morgan fingerprint density at radius 2 is 2.00 bits per heavy atom. The molecule has 3 aromatic heterocycles. The highest BCUT2D eigenvalue weighted by atomic mass is 32.1. The number of carbonyl (C=O) groups excluding carboxylic acids is 2. The van der Waals surface area contributed by atoms with E-state index in [1.165, 1.54) is 40.9 Å². The Kier molecular flexibility index (Phi) is 3.98. The fraction of sp³-hybridized carbons (Fsp3) is 0.0588. The van der Waals surface area contributed by atoms with Gasteiger partial charge in [-0.3, -0.25) is 9.88 Å². The van der Waals surface area contributed by atoms with Gasteiger partial charge in [-0.05, 0) is 35.0 Å². The van der Waals surface area contributed by atoms with Crippen molar-refractivity contribution in [2.45, 2.75) is 6.17 Å². The van der Waals surface area contributed by atoms with Gasteiger partial charge in [0.05, 0.1) is 5.56 Å². The highest BCUT2D eigenvalue weighted by molar-refractivity contribution is 7.08. The molecule has 0 aromatic carbocycles. The van der Waals surface area contributed by atoms with E-state index in [9.17, 15) is 9.59 Å². The maximum Gasteiger partial charge on any atom is 0.345 e. The molecule has 4 heterocycles. The van der Waals surface area contributed by atoms with Crippen LogP contribution in [0.3, 0.4) is 0 Å². The first-order chi connectivity index (χ1) is 12.6. The van der Waals surface area contributed by atoms with Crippen LogP contribution in [0.15, 0.2) is 53.6 Å². The van der Waals surface area contributed by atoms with Gasteiger partial charge in [-0.25, -0.2) is 14.6 Å². The second-order valence-electron chi connectivity index (χ2n) is 5.44. The average molecular weight is 367 g/mol. The molecule has 0 aliphatic carbocycles. The van der Waals surface area contributed by atoms with E-state index in [2.05, 4.69) is 15.3 Å². The molecule has 3 aromatic rings. The number of hydrogen-bond donors (Lipinski definition) is 2. The molecule has 1 aliphatic heterocycles. The number of fused-ring (bicyclic) bond motifs is 1. The van der Waals surface area contributed by atoms with E-state index in [0.717, 1.165) is 5.56 Å². The Morgan fingerprint density at radius 1 is 1.19 bits per heavy atom. The van der Waals surface area contributed by atoms with Gasteiger partial charge in [0.15, 0.2) is 5.82 Å². The molecule has 130 valence electrons. The average Bonchev–Trinajstić information content (AvgIpc) is 3.29. The lowest BCUT2D eigenvalue weighted by Crippen LogP contribution is -2.38. The summed E-state index contributed by atoms with van der Waals surface area (Å²) < 4.78 is 5.37. The number of nitrogens with zero attached hydrogens (tertiary/aromatic N) is 3. The van der Waals surface area contributed by atoms with Crippen molar-refractivity contribution < 1.29 is 14.3 Å². The van der Waals surface area contributed by atoms with E-state index in [1.54, 1.807) is 12.1 Å². The summed E-state index contributed by atoms with van der Waals surface area (Å²) in [5.41, 5.74) is 6.93. The lowest BCUT2D eigenvalue weighted by Gasteiger charge is -2.23. The summed E-state index contributed by atoms with van der Waals surface area (Å²) in [5.74, 6) is 0.125. The SMILES string of the molecule is NC(=O)N1c2c(C(=O)Oc3ccncc3)ccnc2NC1c1ccsc1. The molecule has 1 aliphatic rings. The molecular formula is C17H13N5O3S. The molecule has 0 bridgehead atoms. The number of amides is 2. The molecule has 0 spiro atoms. The molecule has 8 nitrogen and oxygen atoms in total. The third kappa shape index (κ3) is 2.74. The molecular weight excluding hydrogens is 354 g/mol. The molecule has 2 amide bonds. The van der Waals surface area contributed by atoms with Gasteiger partial charge in [0, 0.05) is 24.2 Å². The number of pyridine rings is 2. The van der Waals surface area contributed by atoms with Gasteiger partial charge in [0.2, 0.25) is 0 Å². The van der Waals surface area contributed by atoms with Crippen molar-refractivity contribution in [3.63, 3.8) is 0 Å². The van der Waals surface area contributed by atoms with Crippen molar-refractivity contribution in [3.05, 3.63) is 64.7 Å². The van der Waals surface area contributed by atoms with E-state index in [1.807, 2.05) is 16.8 Å². The van der Waals surface area contributed by atoms with Crippen LogP contribution in [0.2, 0.25) is 0 Å². The summed E-state index contributed by atoms with van der Waals surface area (Å²) >= 11 is 1.49. The Morgan fingerprint density at radius 3 is 2.69 bits per heavy atom. The van der Waals surface area contributed by atoms with Crippen molar-refractivity contribution in [1.82, 2.24) is 9.97 Å². The number of ether oxygens (including phenoxy) is 1. The van der Waals surface area contributed by atoms with Gasteiger partial charge in [-0.1, -0.05) is 0 Å². The smallest absolute Gasteiger partial charge is 0.345 e. The molecule has 1 atom stereocenters. The largest absolute Gasteiger partial charge is 0.423 e. The van der Waals surface area contributed by atoms with Crippen LogP contribution in [-0.4, -0.2) is 22.0 Å². The molecule has 0 fully saturated rings. The van der Waals surface area contributed by atoms with E-state index >= 15 is 0 Å². The summed E-state index contributed by atoms with van der Waals surface area (Å²) in [7, 11) is 0. The molecule has 26 heavy (non-hydrogen) atoms. The monoisotopic (exact) mass is 367 g/mol. The lowest BCUT2D eigenvalue weighted by atomic mass is 10.2. The van der Waals surface area contributed by atoms with Gasteiger partial charge in [0.1, 0.15) is 17.6 Å².